The van der Waals surface area contributed by atoms with Crippen LogP contribution in [0.2, 0.25) is 0 Å². The molecule has 120 valence electrons. The largest absolute Gasteiger partial charge is 0.364 e. The molecule has 3 rings (SSSR count). The Kier molecular flexibility index (Phi) is 4.10. The fraction of sp³-hybridized carbons (Fsp3) is 0.375. The van der Waals surface area contributed by atoms with Crippen LogP contribution in [0.25, 0.3) is 0 Å². The number of aromatic amines is 1. The number of hydrogen-bond acceptors (Lipinski definition) is 4. The Morgan fingerprint density at radius 2 is 2.09 bits per heavy atom. The van der Waals surface area contributed by atoms with Crippen LogP contribution in [0.1, 0.15) is 51.0 Å². The highest BCUT2D eigenvalue weighted by atomic mass is 16.2. The van der Waals surface area contributed by atoms with Crippen molar-refractivity contribution in [3.05, 3.63) is 47.0 Å². The summed E-state index contributed by atoms with van der Waals surface area (Å²) >= 11 is 0. The first-order valence-electron chi connectivity index (χ1n) is 7.62. The number of nitrogens with two attached hydrogens (primary N) is 1. The molecule has 0 atom stereocenters. The third-order valence-corrected chi connectivity index (χ3v) is 4.31. The Balaban J connectivity index is 1.65. The van der Waals surface area contributed by atoms with Gasteiger partial charge in [-0.3, -0.25) is 19.7 Å². The number of hydrogen-bond donors (Lipinski definition) is 2. The first-order valence-corrected chi connectivity index (χ1v) is 7.62. The number of carbonyl (C=O) groups excluding carboxylic acids is 2. The number of primary amides is 1. The SMILES string of the molecule is Cc1ncccc1C(=O)N1CCC(c2cc(C(N)=O)n[nH]2)CC1. The summed E-state index contributed by atoms with van der Waals surface area (Å²) in [6, 6.07) is 5.30. The third kappa shape index (κ3) is 3.08. The van der Waals surface area contributed by atoms with E-state index in [1.54, 1.807) is 18.3 Å². The normalized spacial score (nSPS) is 15.6. The molecular weight excluding hydrogens is 294 g/mol. The van der Waals surface area contributed by atoms with Crippen molar-refractivity contribution in [2.24, 2.45) is 5.73 Å². The second-order valence-corrected chi connectivity index (χ2v) is 5.78. The predicted octanol–water partition coefficient (Wildman–Crippen LogP) is 1.23. The van der Waals surface area contributed by atoms with E-state index >= 15 is 0 Å². The summed E-state index contributed by atoms with van der Waals surface area (Å²) in [4.78, 5) is 29.7. The van der Waals surface area contributed by atoms with Crippen molar-refractivity contribution in [1.82, 2.24) is 20.1 Å². The molecule has 1 saturated heterocycles. The van der Waals surface area contributed by atoms with Gasteiger partial charge >= 0.3 is 0 Å². The maximum absolute atomic E-state index is 12.6. The van der Waals surface area contributed by atoms with Crippen molar-refractivity contribution >= 4 is 11.8 Å². The molecule has 0 radical (unpaired) electrons. The lowest BCUT2D eigenvalue weighted by Gasteiger charge is -2.31. The fourth-order valence-electron chi connectivity index (χ4n) is 2.95. The minimum Gasteiger partial charge on any atom is -0.364 e. The van der Waals surface area contributed by atoms with Gasteiger partial charge < -0.3 is 10.6 Å². The van der Waals surface area contributed by atoms with Crippen molar-refractivity contribution in [2.45, 2.75) is 25.7 Å². The number of nitrogens with zero attached hydrogens (tertiary/aromatic N) is 3. The average Bonchev–Trinajstić information content (AvgIpc) is 3.05. The summed E-state index contributed by atoms with van der Waals surface area (Å²) in [5, 5.41) is 6.79. The number of aryl methyl sites for hydroxylation is 1. The maximum Gasteiger partial charge on any atom is 0.269 e. The Bertz CT molecular complexity index is 732. The van der Waals surface area contributed by atoms with E-state index in [-0.39, 0.29) is 17.5 Å². The number of amides is 2. The number of likely N-dealkylation sites (tertiary alicyclic amines) is 1. The summed E-state index contributed by atoms with van der Waals surface area (Å²) in [7, 11) is 0. The van der Waals surface area contributed by atoms with E-state index in [4.69, 9.17) is 5.73 Å². The van der Waals surface area contributed by atoms with Crippen LogP contribution in [-0.4, -0.2) is 45.0 Å². The Morgan fingerprint density at radius 3 is 2.70 bits per heavy atom. The van der Waals surface area contributed by atoms with Crippen molar-refractivity contribution < 1.29 is 9.59 Å². The highest BCUT2D eigenvalue weighted by Crippen LogP contribution is 2.27. The number of H-pyrrole nitrogens is 1. The van der Waals surface area contributed by atoms with E-state index in [1.807, 2.05) is 17.9 Å². The third-order valence-electron chi connectivity index (χ3n) is 4.31. The van der Waals surface area contributed by atoms with E-state index in [2.05, 4.69) is 15.2 Å². The summed E-state index contributed by atoms with van der Waals surface area (Å²) in [6.45, 7) is 3.18. The molecule has 2 amide bonds. The van der Waals surface area contributed by atoms with Gasteiger partial charge in [0.05, 0.1) is 5.56 Å². The molecule has 0 spiro atoms. The van der Waals surface area contributed by atoms with Crippen molar-refractivity contribution in [3.63, 3.8) is 0 Å². The molecule has 0 saturated carbocycles. The molecule has 0 unspecified atom stereocenters. The van der Waals surface area contributed by atoms with Gasteiger partial charge in [-0.15, -0.1) is 0 Å². The smallest absolute Gasteiger partial charge is 0.269 e. The monoisotopic (exact) mass is 313 g/mol. The number of nitrogens with one attached hydrogen (secondary N) is 1. The number of piperidine rings is 1. The van der Waals surface area contributed by atoms with Crippen LogP contribution in [0.15, 0.2) is 24.4 Å². The van der Waals surface area contributed by atoms with Crippen molar-refractivity contribution in [3.8, 4) is 0 Å². The van der Waals surface area contributed by atoms with E-state index in [9.17, 15) is 9.59 Å². The lowest BCUT2D eigenvalue weighted by Crippen LogP contribution is -2.38. The van der Waals surface area contributed by atoms with Crippen LogP contribution in [0.5, 0.6) is 0 Å². The van der Waals surface area contributed by atoms with Crippen LogP contribution >= 0.6 is 0 Å². The van der Waals surface area contributed by atoms with E-state index in [1.165, 1.54) is 0 Å². The van der Waals surface area contributed by atoms with E-state index < -0.39 is 5.91 Å². The minimum absolute atomic E-state index is 0.0245. The zero-order valence-corrected chi connectivity index (χ0v) is 13.0. The molecule has 2 aromatic heterocycles. The summed E-state index contributed by atoms with van der Waals surface area (Å²) < 4.78 is 0. The summed E-state index contributed by atoms with van der Waals surface area (Å²) in [5.74, 6) is -0.252. The highest BCUT2D eigenvalue weighted by Gasteiger charge is 2.26. The Morgan fingerprint density at radius 1 is 1.35 bits per heavy atom. The van der Waals surface area contributed by atoms with Crippen molar-refractivity contribution in [2.75, 3.05) is 13.1 Å². The molecule has 1 aliphatic heterocycles. The molecular formula is C16H19N5O2. The first-order chi connectivity index (χ1) is 11.1. The highest BCUT2D eigenvalue weighted by molar-refractivity contribution is 5.95. The van der Waals surface area contributed by atoms with Gasteiger partial charge in [0.1, 0.15) is 5.69 Å². The Labute approximate surface area is 133 Å². The molecule has 3 N–H and O–H groups in total. The van der Waals surface area contributed by atoms with Crippen LogP contribution in [0.4, 0.5) is 0 Å². The zero-order valence-electron chi connectivity index (χ0n) is 13.0. The van der Waals surface area contributed by atoms with E-state index in [0.29, 0.717) is 18.7 Å². The maximum atomic E-state index is 12.6. The second-order valence-electron chi connectivity index (χ2n) is 5.78. The van der Waals surface area contributed by atoms with Crippen molar-refractivity contribution in [1.29, 1.82) is 0 Å². The molecule has 7 heteroatoms. The molecule has 3 heterocycles. The van der Waals surface area contributed by atoms with Gasteiger partial charge in [-0.05, 0) is 38.0 Å². The molecule has 0 aliphatic carbocycles. The molecule has 23 heavy (non-hydrogen) atoms. The van der Waals surface area contributed by atoms with Gasteiger partial charge in [0.15, 0.2) is 0 Å². The predicted molar refractivity (Wildman–Crippen MR) is 84.0 cm³/mol. The van der Waals surface area contributed by atoms with E-state index in [0.717, 1.165) is 24.2 Å². The fourth-order valence-corrected chi connectivity index (χ4v) is 2.95. The van der Waals surface area contributed by atoms with Gasteiger partial charge in [0, 0.05) is 36.6 Å². The average molecular weight is 313 g/mol. The number of pyridine rings is 1. The molecule has 1 fully saturated rings. The number of carbonyl (C=O) groups is 2. The number of rotatable bonds is 3. The van der Waals surface area contributed by atoms with Gasteiger partial charge in [-0.1, -0.05) is 0 Å². The lowest BCUT2D eigenvalue weighted by atomic mass is 9.93. The summed E-state index contributed by atoms with van der Waals surface area (Å²) in [5.41, 5.74) is 7.78. The molecule has 0 aromatic carbocycles. The van der Waals surface area contributed by atoms with Crippen LogP contribution in [0.3, 0.4) is 0 Å². The van der Waals surface area contributed by atoms with Gasteiger partial charge in [0.25, 0.3) is 11.8 Å². The van der Waals surface area contributed by atoms with Crippen LogP contribution in [-0.2, 0) is 0 Å². The van der Waals surface area contributed by atoms with Gasteiger partial charge in [-0.2, -0.15) is 5.10 Å². The topological polar surface area (TPSA) is 105 Å². The number of aromatic nitrogens is 3. The quantitative estimate of drug-likeness (QED) is 0.889. The lowest BCUT2D eigenvalue weighted by molar-refractivity contribution is 0.0710. The Hall–Kier alpha value is -2.70. The molecule has 1 aliphatic rings. The van der Waals surface area contributed by atoms with Crippen LogP contribution < -0.4 is 5.73 Å². The standard InChI is InChI=1S/C16H19N5O2/c1-10-12(3-2-6-18-10)16(23)21-7-4-11(5-8-21)13-9-14(15(17)22)20-19-13/h2-3,6,9,11H,4-5,7-8H2,1H3,(H2,17,22)(H,19,20). The molecule has 2 aromatic rings. The van der Waals surface area contributed by atoms with Gasteiger partial charge in [0.2, 0.25) is 0 Å². The molecule has 0 bridgehead atoms. The second kappa shape index (κ2) is 6.20. The summed E-state index contributed by atoms with van der Waals surface area (Å²) in [6.07, 6.45) is 3.34. The molecule has 7 nitrogen and oxygen atoms in total. The van der Waals surface area contributed by atoms with Crippen LogP contribution in [0, 0.1) is 6.92 Å². The minimum atomic E-state index is -0.535. The zero-order chi connectivity index (χ0) is 16.4. The first kappa shape index (κ1) is 15.2. The van der Waals surface area contributed by atoms with Gasteiger partial charge in [-0.25, -0.2) is 0 Å².